The number of carboxylic acids is 1. The van der Waals surface area contributed by atoms with Crippen LogP contribution in [-0.4, -0.2) is 87.4 Å². The lowest BCUT2D eigenvalue weighted by Crippen LogP contribution is -2.40. The Kier molecular flexibility index (Phi) is 50.9. The second kappa shape index (κ2) is 54.4. The number of quaternary nitrogens is 1. The van der Waals surface area contributed by atoms with Crippen LogP contribution in [0.15, 0.2) is 146 Å². The fourth-order valence-corrected chi connectivity index (χ4v) is 6.95. The maximum Gasteiger partial charge on any atom is 0.361 e. The van der Waals surface area contributed by atoms with Gasteiger partial charge in [-0.1, -0.05) is 198 Å². The van der Waals surface area contributed by atoms with Gasteiger partial charge in [-0.15, -0.1) is 0 Å². The Balaban J connectivity index is 4.30. The predicted molar refractivity (Wildman–Crippen MR) is 313 cm³/mol. The summed E-state index contributed by atoms with van der Waals surface area (Å²) >= 11 is 0. The van der Waals surface area contributed by atoms with Crippen molar-refractivity contribution in [3.63, 3.8) is 0 Å². The number of carbonyl (C=O) groups is 3. The highest BCUT2D eigenvalue weighted by Gasteiger charge is 2.25. The first-order valence-electron chi connectivity index (χ1n) is 28.5. The number of ether oxygens (including phenoxy) is 4. The van der Waals surface area contributed by atoms with Gasteiger partial charge in [-0.05, 0) is 122 Å². The Bertz CT molecular complexity index is 1720. The van der Waals surface area contributed by atoms with Crippen LogP contribution in [0.5, 0.6) is 0 Å². The van der Waals surface area contributed by atoms with Gasteiger partial charge in [0, 0.05) is 12.8 Å². The molecule has 9 heteroatoms. The molecule has 0 aromatic rings. The van der Waals surface area contributed by atoms with E-state index in [0.29, 0.717) is 17.4 Å². The lowest BCUT2D eigenvalue weighted by Gasteiger charge is -2.25. The predicted octanol–water partition coefficient (Wildman–Crippen LogP) is 16.8. The summed E-state index contributed by atoms with van der Waals surface area (Å²) in [7, 11) is 5.93. The van der Waals surface area contributed by atoms with Crippen LogP contribution in [0.25, 0.3) is 0 Å². The molecule has 0 aromatic carbocycles. The molecule has 2 unspecified atom stereocenters. The monoisotopic (exact) mass is 1030 g/mol. The minimum Gasteiger partial charge on any atom is -0.477 e. The number of hydrogen-bond donors (Lipinski definition) is 1. The van der Waals surface area contributed by atoms with Crippen LogP contribution in [0.1, 0.15) is 187 Å². The number of aliphatic carboxylic acids is 1. The van der Waals surface area contributed by atoms with E-state index in [1.807, 2.05) is 21.1 Å². The lowest BCUT2D eigenvalue weighted by molar-refractivity contribution is -0.870. The Labute approximate surface area is 452 Å². The highest BCUT2D eigenvalue weighted by Crippen LogP contribution is 2.12. The topological polar surface area (TPSA) is 108 Å². The van der Waals surface area contributed by atoms with E-state index < -0.39 is 24.3 Å². The number of allylic oxidation sites excluding steroid dienone is 24. The van der Waals surface area contributed by atoms with Crippen molar-refractivity contribution in [2.45, 2.75) is 200 Å². The zero-order chi connectivity index (χ0) is 54.1. The molecule has 0 rings (SSSR count). The molecule has 0 aromatic heterocycles. The molecule has 0 saturated heterocycles. The van der Waals surface area contributed by atoms with Crippen LogP contribution in [-0.2, 0) is 33.3 Å². The summed E-state index contributed by atoms with van der Waals surface area (Å²) in [6.45, 7) is 4.65. The van der Waals surface area contributed by atoms with Crippen molar-refractivity contribution in [1.82, 2.24) is 0 Å². The average Bonchev–Trinajstić information content (AvgIpc) is 3.37. The molecule has 0 fully saturated rings. The second-order valence-electron chi connectivity index (χ2n) is 19.5. The average molecular weight is 1030 g/mol. The molecule has 0 aliphatic rings. The molecule has 0 bridgehead atoms. The number of carbonyl (C=O) groups excluding carboxylic acids is 2. The van der Waals surface area contributed by atoms with Crippen LogP contribution in [0, 0.1) is 0 Å². The van der Waals surface area contributed by atoms with E-state index in [1.54, 1.807) is 0 Å². The molecule has 0 aliphatic heterocycles. The first-order chi connectivity index (χ1) is 36.1. The third-order valence-corrected chi connectivity index (χ3v) is 11.3. The molecule has 0 aliphatic carbocycles. The van der Waals surface area contributed by atoms with Crippen LogP contribution < -0.4 is 0 Å². The molecule has 0 spiro atoms. The lowest BCUT2D eigenvalue weighted by atomic mass is 10.1. The summed E-state index contributed by atoms with van der Waals surface area (Å²) in [5.41, 5.74) is 0. The van der Waals surface area contributed by atoms with E-state index in [-0.39, 0.29) is 38.6 Å². The van der Waals surface area contributed by atoms with Gasteiger partial charge in [0.25, 0.3) is 6.29 Å². The summed E-state index contributed by atoms with van der Waals surface area (Å²) in [6, 6.07) is 0. The van der Waals surface area contributed by atoms with E-state index in [4.69, 9.17) is 18.9 Å². The second-order valence-corrected chi connectivity index (χ2v) is 19.5. The summed E-state index contributed by atoms with van der Waals surface area (Å²) in [4.78, 5) is 37.3. The Morgan fingerprint density at radius 3 is 1.18 bits per heavy atom. The van der Waals surface area contributed by atoms with Crippen molar-refractivity contribution in [3.8, 4) is 0 Å². The zero-order valence-electron chi connectivity index (χ0n) is 47.2. The smallest absolute Gasteiger partial charge is 0.361 e. The summed E-state index contributed by atoms with van der Waals surface area (Å²) in [5.74, 6) is -2.08. The standard InChI is InChI=1S/C65H103NO8/c1-6-8-10-12-14-16-18-20-21-22-23-24-25-26-27-28-29-30-31-32-33-34-35-36-37-38-39-40-41-42-43-44-46-48-50-52-54-56-63(68)74-61(60-73-65(64(69)70)71-58-57-66(3,4)5)59-72-62(67)55-53-51-49-47-45-19-17-15-13-11-9-7-2/h8,10,14-17,20-21,23-24,26-27,29-30,32-33,35-36,38-39,41-42,44,46,61,65H,6-7,9,11-13,18-19,22,25,28,31,34,37,40,43,45,47-60H2,1-5H3/p+1/b10-8-,16-14-,17-15-,21-20-,24-23-,27-26-,30-29-,33-32-,36-35-,39-38-,42-41-,46-44-. The normalized spacial score (nSPS) is 13.9. The third-order valence-electron chi connectivity index (χ3n) is 11.3. The number of esters is 2. The van der Waals surface area contributed by atoms with E-state index in [1.165, 1.54) is 19.3 Å². The fraction of sp³-hybridized carbons (Fsp3) is 0.585. The maximum absolute atomic E-state index is 12.8. The fourth-order valence-electron chi connectivity index (χ4n) is 6.95. The first kappa shape index (κ1) is 69.2. The van der Waals surface area contributed by atoms with Crippen molar-refractivity contribution in [3.05, 3.63) is 146 Å². The Morgan fingerprint density at radius 1 is 0.419 bits per heavy atom. The number of hydrogen-bond acceptors (Lipinski definition) is 7. The summed E-state index contributed by atoms with van der Waals surface area (Å²) in [6.07, 6.45) is 76.5. The number of nitrogens with zero attached hydrogens (tertiary/aromatic N) is 1. The van der Waals surface area contributed by atoms with Crippen molar-refractivity contribution >= 4 is 17.9 Å². The molecule has 9 nitrogen and oxygen atoms in total. The van der Waals surface area contributed by atoms with Gasteiger partial charge < -0.3 is 28.5 Å². The molecule has 416 valence electrons. The number of carboxylic acid groups (broad SMARTS) is 1. The SMILES string of the molecule is CC/C=C\C/C=C\C/C=C\C/C=C\C/C=C\C/C=C\C/C=C\C/C=C\C/C=C\C/C=C\C/C=C\CCCCCC(=O)OC(COC(=O)CCCCCCC/C=C\CCCCC)COC(OCC[N+](C)(C)C)C(=O)O. The van der Waals surface area contributed by atoms with Gasteiger partial charge in [-0.3, -0.25) is 9.59 Å². The Morgan fingerprint density at radius 2 is 0.770 bits per heavy atom. The van der Waals surface area contributed by atoms with Gasteiger partial charge in [0.15, 0.2) is 6.10 Å². The van der Waals surface area contributed by atoms with Crippen LogP contribution in [0.2, 0.25) is 0 Å². The van der Waals surface area contributed by atoms with Crippen molar-refractivity contribution in [2.75, 3.05) is 47.5 Å². The molecular weight excluding hydrogens is 923 g/mol. The van der Waals surface area contributed by atoms with Gasteiger partial charge in [-0.25, -0.2) is 4.79 Å². The summed E-state index contributed by atoms with van der Waals surface area (Å²) in [5, 5.41) is 9.67. The van der Waals surface area contributed by atoms with Crippen molar-refractivity contribution in [1.29, 1.82) is 0 Å². The molecule has 74 heavy (non-hydrogen) atoms. The maximum atomic E-state index is 12.8. The van der Waals surface area contributed by atoms with Gasteiger partial charge >= 0.3 is 17.9 Å². The van der Waals surface area contributed by atoms with Gasteiger partial charge in [0.2, 0.25) is 0 Å². The molecule has 0 heterocycles. The van der Waals surface area contributed by atoms with Crippen molar-refractivity contribution in [2.24, 2.45) is 0 Å². The van der Waals surface area contributed by atoms with Gasteiger partial charge in [0.1, 0.15) is 13.2 Å². The van der Waals surface area contributed by atoms with E-state index in [9.17, 15) is 19.5 Å². The van der Waals surface area contributed by atoms with E-state index >= 15 is 0 Å². The molecule has 2 atom stereocenters. The Hall–Kier alpha value is -4.83. The van der Waals surface area contributed by atoms with E-state index in [2.05, 4.69) is 160 Å². The minimum absolute atomic E-state index is 0.172. The largest absolute Gasteiger partial charge is 0.477 e. The van der Waals surface area contributed by atoms with E-state index in [0.717, 1.165) is 135 Å². The zero-order valence-corrected chi connectivity index (χ0v) is 47.2. The minimum atomic E-state index is -1.53. The molecular formula is C65H104NO8+. The quantitative estimate of drug-likeness (QED) is 0.0211. The van der Waals surface area contributed by atoms with Gasteiger partial charge in [-0.2, -0.15) is 0 Å². The van der Waals surface area contributed by atoms with Gasteiger partial charge in [0.05, 0.1) is 34.4 Å². The third kappa shape index (κ3) is 54.9. The number of unbranched alkanes of at least 4 members (excludes halogenated alkanes) is 11. The van der Waals surface area contributed by atoms with Crippen LogP contribution >= 0.6 is 0 Å². The first-order valence-corrected chi connectivity index (χ1v) is 28.5. The molecule has 0 amide bonds. The van der Waals surface area contributed by atoms with Crippen LogP contribution in [0.3, 0.4) is 0 Å². The van der Waals surface area contributed by atoms with Crippen LogP contribution in [0.4, 0.5) is 0 Å². The number of likely N-dealkylation sites (N-methyl/N-ethyl adjacent to an activating group) is 1. The molecule has 0 saturated carbocycles. The molecule has 1 N–H and O–H groups in total. The summed E-state index contributed by atoms with van der Waals surface area (Å²) < 4.78 is 22.7. The molecule has 0 radical (unpaired) electrons. The highest BCUT2D eigenvalue weighted by atomic mass is 16.7. The number of rotatable bonds is 50. The highest BCUT2D eigenvalue weighted by molar-refractivity contribution is 5.71. The van der Waals surface area contributed by atoms with Crippen molar-refractivity contribution < 1.29 is 42.9 Å².